The number of tetrazole rings is 1. The van der Waals surface area contributed by atoms with Crippen LogP contribution in [0.4, 0.5) is 49.9 Å². The Kier molecular flexibility index (Phi) is 9.22. The molecule has 0 spiro atoms. The molecule has 48 heavy (non-hydrogen) atoms. The molecular formula is C31H26F10N6S. The number of alkyl halides is 10. The standard InChI is InChI=1S/C31H26F10N6S/c1-4-24-25(42-26(48-24)18-7-9-28(2,32)10-8-18)23-6-5-20(29(33,34)35)13-19(23)16-47(27-43-45-46(3)44-27)15-17-11-21(30(36,37)38)14-22(12-17)31(39,40)41/h5-9,11-14H,4,10,15-16H2,1-3H3. The Bertz CT molecular complexity index is 1830. The van der Waals surface area contributed by atoms with Gasteiger partial charge >= 0.3 is 18.5 Å². The van der Waals surface area contributed by atoms with Crippen molar-refractivity contribution < 1.29 is 43.9 Å². The second-order valence-corrected chi connectivity index (χ2v) is 12.4. The maximum Gasteiger partial charge on any atom is 0.416 e. The largest absolute Gasteiger partial charge is 0.416 e. The Morgan fingerprint density at radius 2 is 1.54 bits per heavy atom. The summed E-state index contributed by atoms with van der Waals surface area (Å²) in [5.41, 5.74) is -4.95. The first-order valence-electron chi connectivity index (χ1n) is 14.3. The number of aryl methyl sites for hydroxylation is 2. The molecular weight excluding hydrogens is 678 g/mol. The fourth-order valence-electron chi connectivity index (χ4n) is 5.06. The van der Waals surface area contributed by atoms with E-state index in [1.165, 1.54) is 37.5 Å². The Morgan fingerprint density at radius 1 is 0.896 bits per heavy atom. The lowest BCUT2D eigenvalue weighted by molar-refractivity contribution is -0.143. The van der Waals surface area contributed by atoms with E-state index in [2.05, 4.69) is 15.4 Å². The number of nitrogens with zero attached hydrogens (tertiary/aromatic N) is 6. The summed E-state index contributed by atoms with van der Waals surface area (Å²) in [6, 6.07) is 3.96. The van der Waals surface area contributed by atoms with Gasteiger partial charge in [0.1, 0.15) is 10.7 Å². The predicted molar refractivity (Wildman–Crippen MR) is 158 cm³/mol. The summed E-state index contributed by atoms with van der Waals surface area (Å²) in [7, 11) is 1.36. The van der Waals surface area contributed by atoms with Gasteiger partial charge in [-0.1, -0.05) is 30.2 Å². The van der Waals surface area contributed by atoms with Gasteiger partial charge in [0.2, 0.25) is 0 Å². The average Bonchev–Trinajstić information content (AvgIpc) is 3.61. The first-order valence-corrected chi connectivity index (χ1v) is 15.1. The summed E-state index contributed by atoms with van der Waals surface area (Å²) in [5.74, 6) is -0.256. The number of anilines is 1. The highest BCUT2D eigenvalue weighted by Crippen LogP contribution is 2.41. The number of benzene rings is 2. The van der Waals surface area contributed by atoms with E-state index >= 15 is 0 Å². The zero-order valence-corrected chi connectivity index (χ0v) is 26.2. The van der Waals surface area contributed by atoms with Gasteiger partial charge in [-0.25, -0.2) is 9.37 Å². The van der Waals surface area contributed by atoms with Gasteiger partial charge in [-0.15, -0.1) is 16.4 Å². The quantitative estimate of drug-likeness (QED) is 0.171. The zero-order valence-electron chi connectivity index (χ0n) is 25.4. The molecule has 0 bridgehead atoms. The van der Waals surface area contributed by atoms with Crippen LogP contribution < -0.4 is 4.90 Å². The Balaban J connectivity index is 1.63. The zero-order chi connectivity index (χ0) is 35.2. The van der Waals surface area contributed by atoms with E-state index < -0.39 is 59.5 Å². The molecule has 0 saturated heterocycles. The maximum atomic E-state index is 14.4. The van der Waals surface area contributed by atoms with Crippen LogP contribution in [0.15, 0.2) is 54.6 Å². The van der Waals surface area contributed by atoms with Crippen LogP contribution in [0.5, 0.6) is 0 Å². The number of halogens is 10. The van der Waals surface area contributed by atoms with Crippen molar-refractivity contribution >= 4 is 22.9 Å². The maximum absolute atomic E-state index is 14.4. The van der Waals surface area contributed by atoms with Gasteiger partial charge < -0.3 is 4.90 Å². The fourth-order valence-corrected chi connectivity index (χ4v) is 6.10. The lowest BCUT2D eigenvalue weighted by atomic mass is 9.96. The van der Waals surface area contributed by atoms with Crippen LogP contribution in [0, 0.1) is 0 Å². The average molecular weight is 705 g/mol. The van der Waals surface area contributed by atoms with Gasteiger partial charge in [0.05, 0.1) is 29.4 Å². The van der Waals surface area contributed by atoms with Crippen LogP contribution in [0.3, 0.4) is 0 Å². The summed E-state index contributed by atoms with van der Waals surface area (Å²) < 4.78 is 138. The van der Waals surface area contributed by atoms with Crippen LogP contribution in [-0.4, -0.2) is 30.9 Å². The first kappa shape index (κ1) is 35.0. The molecule has 0 N–H and O–H groups in total. The van der Waals surface area contributed by atoms with Crippen molar-refractivity contribution in [1.82, 2.24) is 25.2 Å². The highest BCUT2D eigenvalue weighted by atomic mass is 32.1. The molecule has 17 heteroatoms. The summed E-state index contributed by atoms with van der Waals surface area (Å²) in [6.45, 7) is 2.09. The Morgan fingerprint density at radius 3 is 2.06 bits per heavy atom. The van der Waals surface area contributed by atoms with Crippen LogP contribution >= 0.6 is 11.3 Å². The molecule has 1 aliphatic rings. The molecule has 0 aliphatic heterocycles. The smallest absolute Gasteiger partial charge is 0.330 e. The van der Waals surface area contributed by atoms with E-state index in [0.29, 0.717) is 39.7 Å². The third kappa shape index (κ3) is 7.88. The molecule has 0 fully saturated rings. The number of hydrogen-bond donors (Lipinski definition) is 0. The van der Waals surface area contributed by atoms with Crippen molar-refractivity contribution in [2.24, 2.45) is 7.05 Å². The van der Waals surface area contributed by atoms with Crippen LogP contribution in [0.25, 0.3) is 16.8 Å². The van der Waals surface area contributed by atoms with E-state index in [1.54, 1.807) is 12.2 Å². The van der Waals surface area contributed by atoms with Gasteiger partial charge in [-0.05, 0) is 66.1 Å². The van der Waals surface area contributed by atoms with Gasteiger partial charge in [0, 0.05) is 35.5 Å². The summed E-state index contributed by atoms with van der Waals surface area (Å²) in [4.78, 5) is 7.50. The van der Waals surface area contributed by atoms with Gasteiger partial charge in [0.15, 0.2) is 0 Å². The number of hydrogen-bond acceptors (Lipinski definition) is 6. The van der Waals surface area contributed by atoms with Crippen LogP contribution in [-0.2, 0) is 45.1 Å². The number of allylic oxidation sites excluding steroid dienone is 4. The Hall–Kier alpha value is -4.28. The van der Waals surface area contributed by atoms with Crippen LogP contribution in [0.2, 0.25) is 0 Å². The topological polar surface area (TPSA) is 59.7 Å². The molecule has 1 aliphatic carbocycles. The molecule has 0 saturated carbocycles. The van der Waals surface area contributed by atoms with Crippen molar-refractivity contribution in [3.8, 4) is 11.3 Å². The molecule has 1 atom stereocenters. The van der Waals surface area contributed by atoms with Crippen molar-refractivity contribution in [2.45, 2.75) is 64.0 Å². The SMILES string of the molecule is CCc1sc(C2=CCC(C)(F)C=C2)nc1-c1ccc(C(F)(F)F)cc1CN(Cc1cc(C(F)(F)F)cc(C(F)(F)F)c1)c1nnn(C)n1. The monoisotopic (exact) mass is 704 g/mol. The second-order valence-electron chi connectivity index (χ2n) is 11.3. The summed E-state index contributed by atoms with van der Waals surface area (Å²) in [6.07, 6.45) is -9.88. The van der Waals surface area contributed by atoms with E-state index in [-0.39, 0.29) is 29.6 Å². The van der Waals surface area contributed by atoms with Crippen molar-refractivity contribution in [3.05, 3.63) is 92.3 Å². The summed E-state index contributed by atoms with van der Waals surface area (Å²) in [5, 5.41) is 12.0. The highest BCUT2D eigenvalue weighted by molar-refractivity contribution is 7.13. The minimum absolute atomic E-state index is 0.00338. The van der Waals surface area contributed by atoms with E-state index in [9.17, 15) is 43.9 Å². The fraction of sp³-hybridized carbons (Fsp3) is 0.355. The molecule has 2 aromatic carbocycles. The van der Waals surface area contributed by atoms with E-state index in [4.69, 9.17) is 4.98 Å². The Labute approximate surface area is 271 Å². The van der Waals surface area contributed by atoms with E-state index in [1.807, 2.05) is 6.92 Å². The minimum Gasteiger partial charge on any atom is -0.330 e. The molecule has 5 rings (SSSR count). The molecule has 0 amide bonds. The van der Waals surface area contributed by atoms with Crippen molar-refractivity contribution in [1.29, 1.82) is 0 Å². The van der Waals surface area contributed by atoms with Crippen molar-refractivity contribution in [3.63, 3.8) is 0 Å². The molecule has 0 radical (unpaired) electrons. The van der Waals surface area contributed by atoms with Gasteiger partial charge in [-0.2, -0.15) is 44.3 Å². The minimum atomic E-state index is -5.12. The first-order chi connectivity index (χ1) is 22.2. The summed E-state index contributed by atoms with van der Waals surface area (Å²) >= 11 is 1.27. The molecule has 256 valence electrons. The van der Waals surface area contributed by atoms with Gasteiger partial charge in [0.25, 0.3) is 5.95 Å². The molecule has 6 nitrogen and oxygen atoms in total. The molecule has 1 unspecified atom stereocenters. The molecule has 2 heterocycles. The van der Waals surface area contributed by atoms with Crippen LogP contribution in [0.1, 0.15) is 58.0 Å². The number of aromatic nitrogens is 5. The third-order valence-electron chi connectivity index (χ3n) is 7.45. The molecule has 4 aromatic rings. The normalized spacial score (nSPS) is 17.1. The van der Waals surface area contributed by atoms with Gasteiger partial charge in [-0.3, -0.25) is 0 Å². The predicted octanol–water partition coefficient (Wildman–Crippen LogP) is 9.23. The molecule has 2 aromatic heterocycles. The number of rotatable bonds is 8. The number of thiazole rings is 1. The second kappa shape index (κ2) is 12.6. The third-order valence-corrected chi connectivity index (χ3v) is 8.70. The highest BCUT2D eigenvalue weighted by Gasteiger charge is 2.37. The van der Waals surface area contributed by atoms with Crippen molar-refractivity contribution in [2.75, 3.05) is 4.90 Å². The van der Waals surface area contributed by atoms with E-state index in [0.717, 1.165) is 21.8 Å². The lowest BCUT2D eigenvalue weighted by Gasteiger charge is -2.24. The lowest BCUT2D eigenvalue weighted by Crippen LogP contribution is -2.25.